The van der Waals surface area contributed by atoms with Crippen molar-refractivity contribution in [3.63, 3.8) is 0 Å². The van der Waals surface area contributed by atoms with Gasteiger partial charge in [0, 0.05) is 77.4 Å². The van der Waals surface area contributed by atoms with Crippen molar-refractivity contribution < 1.29 is 123 Å². The molecule has 0 aliphatic heterocycles. The molecule has 0 aliphatic rings. The predicted molar refractivity (Wildman–Crippen MR) is 92.1 cm³/mol. The summed E-state index contributed by atoms with van der Waals surface area (Å²) in [4.78, 5) is 74.8. The molecule has 0 rings (SSSR count). The topological polar surface area (TPSA) is 220 Å². The van der Waals surface area contributed by atoms with E-state index in [1.807, 2.05) is 0 Å². The summed E-state index contributed by atoms with van der Waals surface area (Å²) in [6, 6.07) is 0. The Hall–Kier alpha value is -2.41. The van der Waals surface area contributed by atoms with Gasteiger partial charge in [0.25, 0.3) is 0 Å². The number of carboxylic acid groups (broad SMARTS) is 2. The first-order valence-electron chi connectivity index (χ1n) is 6.23. The van der Waals surface area contributed by atoms with Gasteiger partial charge in [0.15, 0.2) is 24.9 Å². The summed E-state index contributed by atoms with van der Waals surface area (Å²) < 4.78 is 6.97. The fraction of sp³-hybridized carbons (Fsp3) is 0.0667. The summed E-state index contributed by atoms with van der Waals surface area (Å²) in [5.41, 5.74) is 0. The van der Waals surface area contributed by atoms with E-state index < -0.39 is 35.7 Å². The Labute approximate surface area is 229 Å². The summed E-state index contributed by atoms with van der Waals surface area (Å²) in [5, 5.41) is 19.1. The number of carboxylic acids is 2. The number of aliphatic carboxylic acids is 2. The molecule has 0 heterocycles. The number of carbonyl (C=O) groups is 6. The van der Waals surface area contributed by atoms with E-state index in [0.717, 1.165) is 12.9 Å². The maximum absolute atomic E-state index is 10.0. The van der Waals surface area contributed by atoms with E-state index in [4.69, 9.17) is 29.4 Å². The number of hydrogen-bond donors (Lipinski definition) is 4. The van der Waals surface area contributed by atoms with Crippen LogP contribution in [0.2, 0.25) is 0 Å². The minimum atomic E-state index is -1.08. The number of ether oxygens (including phenoxy) is 2. The summed E-state index contributed by atoms with van der Waals surface area (Å²) in [6.07, 6.45) is 0. The zero-order valence-corrected chi connectivity index (χ0v) is 21.8. The van der Waals surface area contributed by atoms with Gasteiger partial charge in [-0.15, -0.1) is 0 Å². The average Bonchev–Trinajstić information content (AvgIpc) is 2.46. The molecule has 2 radical (unpaired) electrons. The quantitative estimate of drug-likeness (QED) is 0.115. The van der Waals surface area contributed by atoms with E-state index in [2.05, 4.69) is 61.6 Å². The van der Waals surface area contributed by atoms with Crippen LogP contribution in [0.3, 0.4) is 0 Å². The second-order valence-electron chi connectivity index (χ2n) is 3.28. The summed E-state index contributed by atoms with van der Waals surface area (Å²) in [7, 11) is 0. The molecule has 0 aromatic carbocycles. The van der Waals surface area contributed by atoms with Crippen LogP contribution < -0.4 is 10.6 Å². The standard InChI is InChI=1S/C5H8N2O2.2C3H2O3.2C2H3O2.2Y/c1-4(8)6-3-7-5(2)9;2*1-3(5)6-2-4;2*1-2(3)4;;/h1-3H2,(H,6,8)(H,7,9);2*1H2;2*1H2,(H,3,4);;/q3*-2;2*-1;;. The van der Waals surface area contributed by atoms with Crippen molar-refractivity contribution in [3.8, 4) is 0 Å². The third kappa shape index (κ3) is 196. The van der Waals surface area contributed by atoms with Gasteiger partial charge in [-0.25, -0.2) is 0 Å². The molecule has 0 aromatic heterocycles. The van der Waals surface area contributed by atoms with Crippen LogP contribution >= 0.6 is 0 Å². The molecule has 31 heavy (non-hydrogen) atoms. The van der Waals surface area contributed by atoms with E-state index in [1.54, 1.807) is 0 Å². The first-order chi connectivity index (χ1) is 13.1. The zero-order chi connectivity index (χ0) is 24.4. The van der Waals surface area contributed by atoms with E-state index in [9.17, 15) is 19.2 Å². The molecule has 0 saturated heterocycles. The predicted octanol–water partition coefficient (Wildman–Crippen LogP) is -2.49. The van der Waals surface area contributed by atoms with Crippen LogP contribution in [0.25, 0.3) is 0 Å². The normalized spacial score (nSPS) is 6.45. The molecule has 0 unspecified atom stereocenters. The monoisotopic (exact) mass is 596 g/mol. The fourth-order valence-electron chi connectivity index (χ4n) is 0.334. The van der Waals surface area contributed by atoms with Crippen molar-refractivity contribution in [2.75, 3.05) is 6.67 Å². The van der Waals surface area contributed by atoms with Crippen LogP contribution in [0.15, 0.2) is 0 Å². The fourth-order valence-corrected chi connectivity index (χ4v) is 0.334. The second kappa shape index (κ2) is 38.2. The third-order valence-corrected chi connectivity index (χ3v) is 0.882. The number of rotatable bonds is 4. The van der Waals surface area contributed by atoms with E-state index in [-0.39, 0.29) is 72.1 Å². The SMILES string of the molecule is [CH2-]C(=O)NCNC([CH2-])=O.[CH2-]C(=O)O.[CH2-]C(=O)O.[CH2-]C(=O)O[C-]=O.[CH2-]C(=O)O[C-]=O.[Y].[Y]. The van der Waals surface area contributed by atoms with Crippen molar-refractivity contribution in [3.05, 3.63) is 41.5 Å². The molecule has 14 nitrogen and oxygen atoms in total. The van der Waals surface area contributed by atoms with E-state index in [1.165, 1.54) is 0 Å². The van der Waals surface area contributed by atoms with Gasteiger partial charge in [0.05, 0.1) is 18.5 Å². The van der Waals surface area contributed by atoms with Crippen LogP contribution in [-0.2, 0) is 113 Å². The first-order valence-corrected chi connectivity index (χ1v) is 6.23. The van der Waals surface area contributed by atoms with Crippen molar-refractivity contribution in [1.29, 1.82) is 0 Å². The molecule has 0 fully saturated rings. The van der Waals surface area contributed by atoms with Crippen LogP contribution in [0.4, 0.5) is 0 Å². The van der Waals surface area contributed by atoms with Crippen LogP contribution in [0.1, 0.15) is 0 Å². The molecule has 2 amide bonds. The van der Waals surface area contributed by atoms with Gasteiger partial charge < -0.3 is 86.8 Å². The van der Waals surface area contributed by atoms with Crippen LogP contribution in [0.5, 0.6) is 0 Å². The van der Waals surface area contributed by atoms with Gasteiger partial charge in [-0.2, -0.15) is 0 Å². The molecule has 0 bridgehead atoms. The molecule has 0 aliphatic carbocycles. The van der Waals surface area contributed by atoms with Crippen LogP contribution in [-0.4, -0.2) is 65.5 Å². The Balaban J connectivity index is -0.0000000473. The Kier molecular flexibility index (Phi) is 57.6. The second-order valence-corrected chi connectivity index (χ2v) is 3.28. The number of amides is 2. The molecule has 0 spiro atoms. The van der Waals surface area contributed by atoms with Gasteiger partial charge in [-0.3, -0.25) is 23.4 Å². The molecule has 0 aromatic rings. The Morgan fingerprint density at radius 1 is 0.645 bits per heavy atom. The molecule has 16 heteroatoms. The van der Waals surface area contributed by atoms with Gasteiger partial charge in [0.2, 0.25) is 0 Å². The number of nitrogens with one attached hydrogen (secondary N) is 2. The summed E-state index contributed by atoms with van der Waals surface area (Å²) >= 11 is 0. The zero-order valence-electron chi connectivity index (χ0n) is 16.1. The maximum atomic E-state index is 10.0. The van der Waals surface area contributed by atoms with Crippen molar-refractivity contribution in [1.82, 2.24) is 10.6 Å². The summed E-state index contributed by atoms with van der Waals surface area (Å²) in [5.74, 6) is -4.79. The molecular formula is C15H18N2O12Y2-8. The minimum Gasteiger partial charge on any atom is -0.606 e. The number of esters is 2. The molecule has 174 valence electrons. The van der Waals surface area contributed by atoms with Gasteiger partial charge >= 0.3 is 0 Å². The van der Waals surface area contributed by atoms with Gasteiger partial charge in [-0.1, -0.05) is 0 Å². The molecular weight excluding hydrogens is 578 g/mol. The maximum Gasteiger partial charge on any atom is 0.170 e. The van der Waals surface area contributed by atoms with Gasteiger partial charge in [-0.05, 0) is 0 Å². The van der Waals surface area contributed by atoms with Gasteiger partial charge in [0.1, 0.15) is 0 Å². The van der Waals surface area contributed by atoms with Crippen molar-refractivity contribution in [2.45, 2.75) is 0 Å². The largest absolute Gasteiger partial charge is 0.606 e. The van der Waals surface area contributed by atoms with E-state index in [0.29, 0.717) is 0 Å². The first kappa shape index (κ1) is 46.7. The molecule has 0 atom stereocenters. The smallest absolute Gasteiger partial charge is 0.170 e. The average molecular weight is 596 g/mol. The van der Waals surface area contributed by atoms with Crippen molar-refractivity contribution in [2.24, 2.45) is 0 Å². The third-order valence-electron chi connectivity index (χ3n) is 0.882. The number of carbonyl (C=O) groups excluding carboxylic acids is 6. The Morgan fingerprint density at radius 3 is 0.903 bits per heavy atom. The minimum absolute atomic E-state index is 0. The molecule has 0 saturated carbocycles. The van der Waals surface area contributed by atoms with Crippen molar-refractivity contribution >= 4 is 48.6 Å². The molecule has 4 N–H and O–H groups in total. The Morgan fingerprint density at radius 2 is 0.839 bits per heavy atom. The van der Waals surface area contributed by atoms with E-state index >= 15 is 0 Å². The Bertz CT molecular complexity index is 488. The summed E-state index contributed by atoms with van der Waals surface area (Å²) in [6.45, 7) is 18.4. The number of hydrogen-bond acceptors (Lipinski definition) is 10. The van der Waals surface area contributed by atoms with Crippen LogP contribution in [0, 0.1) is 41.5 Å².